The van der Waals surface area contributed by atoms with Crippen LogP contribution in [0, 0.1) is 5.41 Å². The fraction of sp³-hybridized carbons (Fsp3) is 1.00. The van der Waals surface area contributed by atoms with Crippen molar-refractivity contribution in [3.63, 3.8) is 0 Å². The SMILES string of the molecule is CCCC(C)(CNC)CN(CC)CCOC. The minimum atomic E-state index is 0.382. The molecule has 0 fully saturated rings. The first kappa shape index (κ1) is 15.9. The van der Waals surface area contributed by atoms with Crippen LogP contribution in [0.4, 0.5) is 0 Å². The van der Waals surface area contributed by atoms with Crippen LogP contribution in [-0.4, -0.2) is 51.8 Å². The molecule has 0 aliphatic rings. The second kappa shape index (κ2) is 8.97. The number of nitrogens with one attached hydrogen (secondary N) is 1. The lowest BCUT2D eigenvalue weighted by Crippen LogP contribution is -2.42. The van der Waals surface area contributed by atoms with Gasteiger partial charge in [-0.3, -0.25) is 0 Å². The number of hydrogen-bond acceptors (Lipinski definition) is 3. The Kier molecular flexibility index (Phi) is 8.90. The Morgan fingerprint density at radius 3 is 2.44 bits per heavy atom. The highest BCUT2D eigenvalue weighted by atomic mass is 16.5. The Balaban J connectivity index is 4.21. The topological polar surface area (TPSA) is 24.5 Å². The Hall–Kier alpha value is -0.120. The number of nitrogens with zero attached hydrogens (tertiary/aromatic N) is 1. The number of hydrogen-bond donors (Lipinski definition) is 1. The average Bonchev–Trinajstić information content (AvgIpc) is 2.25. The van der Waals surface area contributed by atoms with E-state index in [0.717, 1.165) is 32.8 Å². The lowest BCUT2D eigenvalue weighted by molar-refractivity contribution is 0.111. The third-order valence-electron chi connectivity index (χ3n) is 3.12. The Bertz CT molecular complexity index is 156. The molecule has 0 amide bonds. The Morgan fingerprint density at radius 1 is 1.31 bits per heavy atom. The minimum absolute atomic E-state index is 0.382. The molecule has 0 aliphatic carbocycles. The van der Waals surface area contributed by atoms with Gasteiger partial charge in [-0.1, -0.05) is 27.2 Å². The first-order chi connectivity index (χ1) is 7.61. The molecule has 0 spiro atoms. The van der Waals surface area contributed by atoms with Crippen molar-refractivity contribution in [2.24, 2.45) is 5.41 Å². The molecule has 1 N–H and O–H groups in total. The van der Waals surface area contributed by atoms with Gasteiger partial charge in [0.2, 0.25) is 0 Å². The molecule has 0 radical (unpaired) electrons. The molecule has 0 saturated carbocycles. The van der Waals surface area contributed by atoms with Crippen molar-refractivity contribution in [3.05, 3.63) is 0 Å². The van der Waals surface area contributed by atoms with Crippen molar-refractivity contribution in [2.45, 2.75) is 33.6 Å². The van der Waals surface area contributed by atoms with Gasteiger partial charge in [0.15, 0.2) is 0 Å². The van der Waals surface area contributed by atoms with Crippen molar-refractivity contribution in [1.82, 2.24) is 10.2 Å². The van der Waals surface area contributed by atoms with E-state index >= 15 is 0 Å². The summed E-state index contributed by atoms with van der Waals surface area (Å²) in [6.45, 7) is 12.1. The quantitative estimate of drug-likeness (QED) is 0.621. The van der Waals surface area contributed by atoms with Crippen molar-refractivity contribution in [3.8, 4) is 0 Å². The lowest BCUT2D eigenvalue weighted by Gasteiger charge is -2.35. The van der Waals surface area contributed by atoms with E-state index in [4.69, 9.17) is 4.74 Å². The summed E-state index contributed by atoms with van der Waals surface area (Å²) in [7, 11) is 3.81. The van der Waals surface area contributed by atoms with Gasteiger partial charge < -0.3 is 15.0 Å². The highest BCUT2D eigenvalue weighted by Gasteiger charge is 2.24. The van der Waals surface area contributed by atoms with Gasteiger partial charge in [0.05, 0.1) is 6.61 Å². The van der Waals surface area contributed by atoms with E-state index in [1.165, 1.54) is 12.8 Å². The molecule has 16 heavy (non-hydrogen) atoms. The molecule has 3 heteroatoms. The third kappa shape index (κ3) is 6.46. The first-order valence-electron chi connectivity index (χ1n) is 6.47. The normalized spacial score (nSPS) is 15.4. The Labute approximate surface area is 102 Å². The summed E-state index contributed by atoms with van der Waals surface area (Å²) in [6, 6.07) is 0. The second-order valence-corrected chi connectivity index (χ2v) is 4.95. The summed E-state index contributed by atoms with van der Waals surface area (Å²) in [5.74, 6) is 0. The van der Waals surface area contributed by atoms with E-state index in [9.17, 15) is 0 Å². The smallest absolute Gasteiger partial charge is 0.0589 e. The second-order valence-electron chi connectivity index (χ2n) is 4.95. The molecular formula is C13H30N2O. The molecule has 3 nitrogen and oxygen atoms in total. The van der Waals surface area contributed by atoms with Gasteiger partial charge in [-0.05, 0) is 25.4 Å². The van der Waals surface area contributed by atoms with Crippen LogP contribution in [0.3, 0.4) is 0 Å². The van der Waals surface area contributed by atoms with E-state index in [0.29, 0.717) is 5.41 Å². The van der Waals surface area contributed by atoms with E-state index in [1.54, 1.807) is 7.11 Å². The predicted octanol–water partition coefficient (Wildman–Crippen LogP) is 1.98. The monoisotopic (exact) mass is 230 g/mol. The zero-order chi connectivity index (χ0) is 12.4. The van der Waals surface area contributed by atoms with Crippen LogP contribution in [0.2, 0.25) is 0 Å². The third-order valence-corrected chi connectivity index (χ3v) is 3.12. The largest absolute Gasteiger partial charge is 0.383 e. The maximum Gasteiger partial charge on any atom is 0.0589 e. The summed E-state index contributed by atoms with van der Waals surface area (Å²) < 4.78 is 5.15. The summed E-state index contributed by atoms with van der Waals surface area (Å²) in [4.78, 5) is 2.48. The van der Waals surface area contributed by atoms with Crippen molar-refractivity contribution in [1.29, 1.82) is 0 Å². The average molecular weight is 230 g/mol. The van der Waals surface area contributed by atoms with Crippen LogP contribution in [0.25, 0.3) is 0 Å². The standard InChI is InChI=1S/C13H30N2O/c1-6-8-13(3,11-14-4)12-15(7-2)9-10-16-5/h14H,6-12H2,1-5H3. The van der Waals surface area contributed by atoms with Gasteiger partial charge in [-0.15, -0.1) is 0 Å². The molecule has 0 aromatic heterocycles. The predicted molar refractivity (Wildman–Crippen MR) is 70.9 cm³/mol. The van der Waals surface area contributed by atoms with Crippen molar-refractivity contribution < 1.29 is 4.74 Å². The fourth-order valence-electron chi connectivity index (χ4n) is 2.36. The van der Waals surface area contributed by atoms with Gasteiger partial charge in [-0.2, -0.15) is 0 Å². The maximum absolute atomic E-state index is 5.15. The van der Waals surface area contributed by atoms with Crippen molar-refractivity contribution >= 4 is 0 Å². The molecule has 0 saturated heterocycles. The molecule has 0 rings (SSSR count). The molecule has 0 aliphatic heterocycles. The van der Waals surface area contributed by atoms with Crippen LogP contribution >= 0.6 is 0 Å². The van der Waals surface area contributed by atoms with Gasteiger partial charge in [0.1, 0.15) is 0 Å². The van der Waals surface area contributed by atoms with Crippen LogP contribution in [0.15, 0.2) is 0 Å². The highest BCUT2D eigenvalue weighted by molar-refractivity contribution is 4.79. The Morgan fingerprint density at radius 2 is 2.00 bits per heavy atom. The zero-order valence-corrected chi connectivity index (χ0v) is 11.8. The fourth-order valence-corrected chi connectivity index (χ4v) is 2.36. The molecule has 0 bridgehead atoms. The number of methoxy groups -OCH3 is 1. The van der Waals surface area contributed by atoms with Gasteiger partial charge in [0, 0.05) is 26.7 Å². The molecule has 0 aromatic rings. The zero-order valence-electron chi connectivity index (χ0n) is 11.8. The molecule has 98 valence electrons. The van der Waals surface area contributed by atoms with E-state index in [2.05, 4.69) is 31.0 Å². The highest BCUT2D eigenvalue weighted by Crippen LogP contribution is 2.23. The van der Waals surface area contributed by atoms with E-state index in [-0.39, 0.29) is 0 Å². The number of rotatable bonds is 10. The van der Waals surface area contributed by atoms with Crippen LogP contribution < -0.4 is 5.32 Å². The van der Waals surface area contributed by atoms with Crippen LogP contribution in [0.1, 0.15) is 33.6 Å². The summed E-state index contributed by atoms with van der Waals surface area (Å²) in [5.41, 5.74) is 0.382. The van der Waals surface area contributed by atoms with Crippen LogP contribution in [0.5, 0.6) is 0 Å². The molecule has 0 aromatic carbocycles. The lowest BCUT2D eigenvalue weighted by atomic mass is 9.85. The van der Waals surface area contributed by atoms with E-state index in [1.807, 2.05) is 7.05 Å². The number of likely N-dealkylation sites (N-methyl/N-ethyl adjacent to an activating group) is 1. The summed E-state index contributed by atoms with van der Waals surface area (Å²) in [5, 5.41) is 3.32. The number of ether oxygens (including phenoxy) is 1. The maximum atomic E-state index is 5.15. The molecule has 1 atom stereocenters. The first-order valence-corrected chi connectivity index (χ1v) is 6.47. The molecule has 0 heterocycles. The van der Waals surface area contributed by atoms with E-state index < -0.39 is 0 Å². The summed E-state index contributed by atoms with van der Waals surface area (Å²) >= 11 is 0. The van der Waals surface area contributed by atoms with Gasteiger partial charge in [-0.25, -0.2) is 0 Å². The van der Waals surface area contributed by atoms with Crippen LogP contribution in [-0.2, 0) is 4.74 Å². The minimum Gasteiger partial charge on any atom is -0.383 e. The van der Waals surface area contributed by atoms with Gasteiger partial charge in [0.25, 0.3) is 0 Å². The summed E-state index contributed by atoms with van der Waals surface area (Å²) in [6.07, 6.45) is 2.53. The van der Waals surface area contributed by atoms with Crippen molar-refractivity contribution in [2.75, 3.05) is 46.9 Å². The molecule has 1 unspecified atom stereocenters. The van der Waals surface area contributed by atoms with Gasteiger partial charge >= 0.3 is 0 Å². The molecular weight excluding hydrogens is 200 g/mol.